The number of nitrogens with zero attached hydrogens (tertiary/aromatic N) is 1. The Kier molecular flexibility index (Phi) is 5.43. The molecule has 17 heavy (non-hydrogen) atoms. The summed E-state index contributed by atoms with van der Waals surface area (Å²) in [6.07, 6.45) is -4.22. The van der Waals surface area contributed by atoms with E-state index >= 15 is 0 Å². The van der Waals surface area contributed by atoms with Crippen molar-refractivity contribution >= 4 is 27.3 Å². The van der Waals surface area contributed by atoms with Crippen molar-refractivity contribution in [1.82, 2.24) is 4.90 Å². The Labute approximate surface area is 111 Å². The van der Waals surface area contributed by atoms with Gasteiger partial charge >= 0.3 is 6.18 Å². The molecule has 0 bridgehead atoms. The van der Waals surface area contributed by atoms with Gasteiger partial charge in [0.1, 0.15) is 0 Å². The zero-order chi connectivity index (χ0) is 13.1. The molecule has 1 rings (SSSR count). The van der Waals surface area contributed by atoms with Gasteiger partial charge in [-0.15, -0.1) is 11.3 Å². The van der Waals surface area contributed by atoms with Gasteiger partial charge in [0.2, 0.25) is 0 Å². The molecular formula is C10H14BrF3N2S. The van der Waals surface area contributed by atoms with Crippen LogP contribution in [0.1, 0.15) is 5.56 Å². The largest absolute Gasteiger partial charge is 0.394 e. The van der Waals surface area contributed by atoms with Gasteiger partial charge in [0.05, 0.1) is 9.70 Å². The minimum atomic E-state index is -4.22. The zero-order valence-electron chi connectivity index (χ0n) is 9.30. The van der Waals surface area contributed by atoms with E-state index in [1.807, 2.05) is 11.4 Å². The molecule has 7 heteroatoms. The van der Waals surface area contributed by atoms with Crippen LogP contribution in [0.15, 0.2) is 15.2 Å². The van der Waals surface area contributed by atoms with Crippen molar-refractivity contribution < 1.29 is 13.2 Å². The number of hydrogen-bond acceptors (Lipinski definition) is 3. The predicted octanol–water partition coefficient (Wildman–Crippen LogP) is 3.08. The molecule has 0 saturated carbocycles. The molecule has 0 radical (unpaired) electrons. The van der Waals surface area contributed by atoms with Gasteiger partial charge in [-0.2, -0.15) is 13.2 Å². The SMILES string of the molecule is CN(Cc1csc(Br)c1)CC(CN)C(F)(F)F. The van der Waals surface area contributed by atoms with Crippen LogP contribution in [-0.2, 0) is 6.54 Å². The normalized spacial score (nSPS) is 14.3. The second kappa shape index (κ2) is 6.17. The molecule has 0 aliphatic heterocycles. The topological polar surface area (TPSA) is 29.3 Å². The third kappa shape index (κ3) is 4.95. The Morgan fingerprint density at radius 3 is 2.59 bits per heavy atom. The van der Waals surface area contributed by atoms with Gasteiger partial charge in [-0.05, 0) is 40.0 Å². The molecule has 0 spiro atoms. The van der Waals surface area contributed by atoms with Crippen LogP contribution in [-0.4, -0.2) is 31.2 Å². The van der Waals surface area contributed by atoms with Gasteiger partial charge < -0.3 is 10.6 Å². The van der Waals surface area contributed by atoms with Crippen molar-refractivity contribution in [1.29, 1.82) is 0 Å². The monoisotopic (exact) mass is 330 g/mol. The number of rotatable bonds is 5. The molecule has 1 aromatic rings. The minimum absolute atomic E-state index is 0.0759. The molecule has 1 unspecified atom stereocenters. The molecule has 1 atom stereocenters. The van der Waals surface area contributed by atoms with Crippen LogP contribution in [0.2, 0.25) is 0 Å². The van der Waals surface area contributed by atoms with Gasteiger partial charge in [0.25, 0.3) is 0 Å². The molecule has 0 fully saturated rings. The Bertz CT molecular complexity index is 354. The van der Waals surface area contributed by atoms with Crippen LogP contribution < -0.4 is 5.73 Å². The molecule has 0 aromatic carbocycles. The third-order valence-corrected chi connectivity index (χ3v) is 3.91. The smallest absolute Gasteiger partial charge is 0.330 e. The summed E-state index contributed by atoms with van der Waals surface area (Å²) < 4.78 is 38.5. The van der Waals surface area contributed by atoms with E-state index in [9.17, 15) is 13.2 Å². The second-order valence-corrected chi connectivity index (χ2v) is 6.22. The van der Waals surface area contributed by atoms with Gasteiger partial charge in [-0.25, -0.2) is 0 Å². The maximum Gasteiger partial charge on any atom is 0.394 e. The zero-order valence-corrected chi connectivity index (χ0v) is 11.7. The summed E-state index contributed by atoms with van der Waals surface area (Å²) in [4.78, 5) is 1.64. The van der Waals surface area contributed by atoms with Crippen LogP contribution in [0.3, 0.4) is 0 Å². The summed E-state index contributed by atoms with van der Waals surface area (Å²) >= 11 is 4.84. The van der Waals surface area contributed by atoms with E-state index < -0.39 is 12.1 Å². The van der Waals surface area contributed by atoms with E-state index in [2.05, 4.69) is 15.9 Å². The average Bonchev–Trinajstić information content (AvgIpc) is 2.58. The summed E-state index contributed by atoms with van der Waals surface area (Å²) in [5.74, 6) is -1.46. The Morgan fingerprint density at radius 1 is 1.53 bits per heavy atom. The number of alkyl halides is 3. The van der Waals surface area contributed by atoms with Crippen LogP contribution in [0.4, 0.5) is 13.2 Å². The highest BCUT2D eigenvalue weighted by atomic mass is 79.9. The van der Waals surface area contributed by atoms with Crippen LogP contribution in [0.25, 0.3) is 0 Å². The lowest BCUT2D eigenvalue weighted by atomic mass is 10.1. The lowest BCUT2D eigenvalue weighted by molar-refractivity contribution is -0.175. The maximum atomic E-state index is 12.5. The predicted molar refractivity (Wildman–Crippen MR) is 67.0 cm³/mol. The fourth-order valence-electron chi connectivity index (χ4n) is 1.49. The van der Waals surface area contributed by atoms with E-state index in [-0.39, 0.29) is 13.1 Å². The van der Waals surface area contributed by atoms with Crippen molar-refractivity contribution in [3.63, 3.8) is 0 Å². The molecule has 2 N–H and O–H groups in total. The van der Waals surface area contributed by atoms with E-state index in [0.29, 0.717) is 6.54 Å². The van der Waals surface area contributed by atoms with Gasteiger partial charge in [-0.1, -0.05) is 0 Å². The van der Waals surface area contributed by atoms with E-state index in [1.165, 1.54) is 11.3 Å². The first-order chi connectivity index (χ1) is 7.82. The summed E-state index contributed by atoms with van der Waals surface area (Å²) in [6, 6.07) is 1.91. The van der Waals surface area contributed by atoms with Crippen molar-refractivity contribution in [2.75, 3.05) is 20.1 Å². The van der Waals surface area contributed by atoms with E-state index in [4.69, 9.17) is 5.73 Å². The first-order valence-electron chi connectivity index (χ1n) is 5.01. The highest BCUT2D eigenvalue weighted by molar-refractivity contribution is 9.11. The van der Waals surface area contributed by atoms with Crippen molar-refractivity contribution in [2.24, 2.45) is 11.7 Å². The third-order valence-electron chi connectivity index (χ3n) is 2.35. The van der Waals surface area contributed by atoms with Crippen molar-refractivity contribution in [3.8, 4) is 0 Å². The first-order valence-corrected chi connectivity index (χ1v) is 6.68. The first kappa shape index (κ1) is 14.9. The minimum Gasteiger partial charge on any atom is -0.330 e. The molecule has 0 amide bonds. The van der Waals surface area contributed by atoms with Crippen LogP contribution >= 0.6 is 27.3 Å². The maximum absolute atomic E-state index is 12.5. The quantitative estimate of drug-likeness (QED) is 0.898. The molecule has 0 aliphatic rings. The lowest BCUT2D eigenvalue weighted by Crippen LogP contribution is -2.39. The summed E-state index contributed by atoms with van der Waals surface area (Å²) in [7, 11) is 1.67. The molecule has 0 aliphatic carbocycles. The number of halogens is 4. The Hall–Kier alpha value is -0.110. The van der Waals surface area contributed by atoms with Gasteiger partial charge in [0.15, 0.2) is 0 Å². The van der Waals surface area contributed by atoms with Crippen LogP contribution in [0, 0.1) is 5.92 Å². The highest BCUT2D eigenvalue weighted by Gasteiger charge is 2.38. The number of hydrogen-bond donors (Lipinski definition) is 1. The van der Waals surface area contributed by atoms with Crippen molar-refractivity contribution in [3.05, 3.63) is 20.8 Å². The molecule has 1 aromatic heterocycles. The summed E-state index contributed by atoms with van der Waals surface area (Å²) in [6.45, 7) is 0.0450. The average molecular weight is 331 g/mol. The summed E-state index contributed by atoms with van der Waals surface area (Å²) in [5.41, 5.74) is 6.15. The van der Waals surface area contributed by atoms with Gasteiger partial charge in [0, 0.05) is 19.6 Å². The van der Waals surface area contributed by atoms with E-state index in [1.54, 1.807) is 11.9 Å². The standard InChI is InChI=1S/C10H14BrF3N2S/c1-16(4-7-2-9(11)17-6-7)5-8(3-15)10(12,13)14/h2,6,8H,3-5,15H2,1H3. The van der Waals surface area contributed by atoms with Crippen LogP contribution in [0.5, 0.6) is 0 Å². The van der Waals surface area contributed by atoms with Gasteiger partial charge in [-0.3, -0.25) is 0 Å². The summed E-state index contributed by atoms with van der Waals surface area (Å²) in [5, 5.41) is 1.92. The molecule has 1 heterocycles. The Morgan fingerprint density at radius 2 is 2.18 bits per heavy atom. The second-order valence-electron chi connectivity index (χ2n) is 3.93. The molecular weight excluding hydrogens is 317 g/mol. The molecule has 2 nitrogen and oxygen atoms in total. The Balaban J connectivity index is 2.51. The van der Waals surface area contributed by atoms with Crippen molar-refractivity contribution in [2.45, 2.75) is 12.7 Å². The lowest BCUT2D eigenvalue weighted by Gasteiger charge is -2.24. The fraction of sp³-hybridized carbons (Fsp3) is 0.600. The highest BCUT2D eigenvalue weighted by Crippen LogP contribution is 2.27. The number of thiophene rings is 1. The fourth-order valence-corrected chi connectivity index (χ4v) is 2.69. The molecule has 0 saturated heterocycles. The molecule has 98 valence electrons. The number of nitrogens with two attached hydrogens (primary N) is 1. The van der Waals surface area contributed by atoms with E-state index in [0.717, 1.165) is 9.35 Å².